The fraction of sp³-hybridized carbons (Fsp3) is 1.00. The number of unbranched alkanes of at least 4 members (excludes halogenated alkanes) is 2. The largest absolute Gasteiger partial charge is 0.317 e. The Balaban J connectivity index is 0.00000324. The number of rotatable bonds is 9. The molecule has 6 heteroatoms. The monoisotopic (exact) mass is 313 g/mol. The third kappa shape index (κ3) is 9.66. The van der Waals surface area contributed by atoms with E-state index in [0.717, 1.165) is 38.3 Å². The lowest BCUT2D eigenvalue weighted by Crippen LogP contribution is -2.27. The molecule has 0 saturated carbocycles. The Bertz CT molecular complexity index is 303. The molecule has 1 fully saturated rings. The van der Waals surface area contributed by atoms with E-state index in [2.05, 4.69) is 5.32 Å². The van der Waals surface area contributed by atoms with Crippen LogP contribution < -0.4 is 5.32 Å². The van der Waals surface area contributed by atoms with Gasteiger partial charge >= 0.3 is 0 Å². The van der Waals surface area contributed by atoms with Gasteiger partial charge in [0.05, 0.1) is 12.4 Å². The average molecular weight is 314 g/mol. The molecule has 116 valence electrons. The van der Waals surface area contributed by atoms with Crippen LogP contribution in [0, 0.1) is 5.92 Å². The molecule has 0 aromatic carbocycles. The molecule has 1 saturated heterocycles. The lowest BCUT2D eigenvalue weighted by molar-refractivity contribution is 0.289. The lowest BCUT2D eigenvalue weighted by Gasteiger charge is -2.22. The standard InChI is InChI=1S/C13H27NO3S.ClH/c1-2-3-12-18(15,16)17-11-5-4-6-13-7-9-14-10-8-13;/h13-14H,2-12H2,1H3;1H. The Kier molecular flexibility index (Phi) is 11.0. The quantitative estimate of drug-likeness (QED) is 0.525. The van der Waals surface area contributed by atoms with Crippen LogP contribution in [0.15, 0.2) is 0 Å². The van der Waals surface area contributed by atoms with Crippen molar-refractivity contribution in [1.82, 2.24) is 5.32 Å². The van der Waals surface area contributed by atoms with Crippen LogP contribution in [0.2, 0.25) is 0 Å². The van der Waals surface area contributed by atoms with Gasteiger partial charge in [-0.25, -0.2) is 0 Å². The van der Waals surface area contributed by atoms with E-state index in [0.29, 0.717) is 13.0 Å². The van der Waals surface area contributed by atoms with Crippen molar-refractivity contribution >= 4 is 22.5 Å². The van der Waals surface area contributed by atoms with Crippen molar-refractivity contribution in [1.29, 1.82) is 0 Å². The van der Waals surface area contributed by atoms with Crippen molar-refractivity contribution in [2.24, 2.45) is 5.92 Å². The molecule has 0 amide bonds. The highest BCUT2D eigenvalue weighted by Gasteiger charge is 2.13. The van der Waals surface area contributed by atoms with Gasteiger partial charge in [0, 0.05) is 0 Å². The molecule has 0 aromatic heterocycles. The molecule has 1 aliphatic heterocycles. The SMILES string of the molecule is CCCCS(=O)(=O)OCCCCC1CCNCC1.Cl. The average Bonchev–Trinajstić information content (AvgIpc) is 2.37. The van der Waals surface area contributed by atoms with E-state index >= 15 is 0 Å². The molecule has 1 heterocycles. The molecule has 1 rings (SSSR count). The second-order valence-corrected chi connectivity index (χ2v) is 6.89. The molecule has 1 aliphatic rings. The van der Waals surface area contributed by atoms with Gasteiger partial charge in [-0.05, 0) is 44.7 Å². The topological polar surface area (TPSA) is 55.4 Å². The van der Waals surface area contributed by atoms with Gasteiger partial charge < -0.3 is 5.32 Å². The molecule has 4 nitrogen and oxygen atoms in total. The van der Waals surface area contributed by atoms with Gasteiger partial charge in [0.1, 0.15) is 0 Å². The minimum Gasteiger partial charge on any atom is -0.317 e. The molecule has 0 aliphatic carbocycles. The maximum Gasteiger partial charge on any atom is 0.267 e. The molecule has 0 bridgehead atoms. The summed E-state index contributed by atoms with van der Waals surface area (Å²) in [7, 11) is -3.26. The van der Waals surface area contributed by atoms with Crippen molar-refractivity contribution in [2.75, 3.05) is 25.4 Å². The molecule has 19 heavy (non-hydrogen) atoms. The summed E-state index contributed by atoms with van der Waals surface area (Å²) in [5, 5.41) is 3.35. The Morgan fingerprint density at radius 2 is 1.84 bits per heavy atom. The zero-order chi connectivity index (χ0) is 13.3. The van der Waals surface area contributed by atoms with Crippen LogP contribution in [0.1, 0.15) is 51.9 Å². The summed E-state index contributed by atoms with van der Waals surface area (Å²) < 4.78 is 27.8. The van der Waals surface area contributed by atoms with Crippen molar-refractivity contribution in [3.63, 3.8) is 0 Å². The fourth-order valence-electron chi connectivity index (χ4n) is 2.27. The van der Waals surface area contributed by atoms with Crippen molar-refractivity contribution in [3.05, 3.63) is 0 Å². The molecule has 0 atom stereocenters. The maximum absolute atomic E-state index is 11.4. The number of hydrogen-bond acceptors (Lipinski definition) is 4. The first kappa shape index (κ1) is 19.2. The van der Waals surface area contributed by atoms with Crippen molar-refractivity contribution in [3.8, 4) is 0 Å². The van der Waals surface area contributed by atoms with Gasteiger partial charge in [-0.3, -0.25) is 4.18 Å². The van der Waals surface area contributed by atoms with Gasteiger partial charge in [-0.15, -0.1) is 12.4 Å². The first-order valence-corrected chi connectivity index (χ1v) is 8.79. The van der Waals surface area contributed by atoms with Gasteiger partial charge in [0.2, 0.25) is 0 Å². The normalized spacial score (nSPS) is 17.1. The van der Waals surface area contributed by atoms with E-state index in [1.807, 2.05) is 6.92 Å². The highest BCUT2D eigenvalue weighted by molar-refractivity contribution is 7.86. The Labute approximate surface area is 124 Å². The predicted molar refractivity (Wildman–Crippen MR) is 81.3 cm³/mol. The van der Waals surface area contributed by atoms with Crippen LogP contribution in [-0.4, -0.2) is 33.9 Å². The van der Waals surface area contributed by atoms with E-state index in [1.54, 1.807) is 0 Å². The molecular formula is C13H28ClNO3S. The zero-order valence-electron chi connectivity index (χ0n) is 11.9. The predicted octanol–water partition coefficient (Wildman–Crippen LogP) is 2.72. The van der Waals surface area contributed by atoms with Crippen LogP contribution in [0.3, 0.4) is 0 Å². The van der Waals surface area contributed by atoms with E-state index in [-0.39, 0.29) is 18.2 Å². The van der Waals surface area contributed by atoms with Crippen molar-refractivity contribution < 1.29 is 12.6 Å². The second-order valence-electron chi connectivity index (χ2n) is 5.13. The summed E-state index contributed by atoms with van der Waals surface area (Å²) >= 11 is 0. The molecular weight excluding hydrogens is 286 g/mol. The highest BCUT2D eigenvalue weighted by atomic mass is 35.5. The molecule has 0 aromatic rings. The molecule has 0 unspecified atom stereocenters. The Morgan fingerprint density at radius 3 is 2.47 bits per heavy atom. The van der Waals surface area contributed by atoms with E-state index in [4.69, 9.17) is 4.18 Å². The first-order chi connectivity index (χ1) is 8.64. The molecule has 0 spiro atoms. The summed E-state index contributed by atoms with van der Waals surface area (Å²) in [6.45, 7) is 4.60. The number of piperidine rings is 1. The third-order valence-corrected chi connectivity index (χ3v) is 4.79. The zero-order valence-corrected chi connectivity index (χ0v) is 13.5. The Morgan fingerprint density at radius 1 is 1.16 bits per heavy atom. The van der Waals surface area contributed by atoms with Crippen LogP contribution in [0.5, 0.6) is 0 Å². The van der Waals surface area contributed by atoms with E-state index in [9.17, 15) is 8.42 Å². The maximum atomic E-state index is 11.4. The highest BCUT2D eigenvalue weighted by Crippen LogP contribution is 2.18. The van der Waals surface area contributed by atoms with E-state index < -0.39 is 10.1 Å². The van der Waals surface area contributed by atoms with Crippen LogP contribution >= 0.6 is 12.4 Å². The summed E-state index contributed by atoms with van der Waals surface area (Å²) in [5.74, 6) is 0.987. The Hall–Kier alpha value is 0.160. The minimum absolute atomic E-state index is 0. The minimum atomic E-state index is -3.26. The summed E-state index contributed by atoms with van der Waals surface area (Å²) in [5.41, 5.74) is 0. The molecule has 0 radical (unpaired) electrons. The lowest BCUT2D eigenvalue weighted by atomic mass is 9.93. The number of hydrogen-bond donors (Lipinski definition) is 1. The smallest absolute Gasteiger partial charge is 0.267 e. The number of halogens is 1. The summed E-state index contributed by atoms with van der Waals surface area (Å²) in [6.07, 6.45) is 7.24. The van der Waals surface area contributed by atoms with Gasteiger partial charge in [0.15, 0.2) is 0 Å². The van der Waals surface area contributed by atoms with Gasteiger partial charge in [0.25, 0.3) is 10.1 Å². The van der Waals surface area contributed by atoms with Gasteiger partial charge in [-0.1, -0.05) is 26.2 Å². The third-order valence-electron chi connectivity index (χ3n) is 3.48. The van der Waals surface area contributed by atoms with E-state index in [1.165, 1.54) is 19.3 Å². The van der Waals surface area contributed by atoms with Gasteiger partial charge in [-0.2, -0.15) is 8.42 Å². The summed E-state index contributed by atoms with van der Waals surface area (Å²) in [4.78, 5) is 0. The van der Waals surface area contributed by atoms with Crippen LogP contribution in [0.25, 0.3) is 0 Å². The van der Waals surface area contributed by atoms with Crippen LogP contribution in [-0.2, 0) is 14.3 Å². The first-order valence-electron chi connectivity index (χ1n) is 7.22. The van der Waals surface area contributed by atoms with Crippen molar-refractivity contribution in [2.45, 2.75) is 51.9 Å². The second kappa shape index (κ2) is 10.9. The summed E-state index contributed by atoms with van der Waals surface area (Å²) in [6, 6.07) is 0. The molecule has 1 N–H and O–H groups in total. The number of nitrogens with one attached hydrogen (secondary N) is 1. The fourth-order valence-corrected chi connectivity index (χ4v) is 3.40. The van der Waals surface area contributed by atoms with Crippen LogP contribution in [0.4, 0.5) is 0 Å².